The highest BCUT2D eigenvalue weighted by Gasteiger charge is 2.45. The van der Waals surface area contributed by atoms with Crippen LogP contribution in [0.4, 0.5) is 0 Å². The van der Waals surface area contributed by atoms with Crippen LogP contribution in [0.25, 0.3) is 0 Å². The molecule has 0 bridgehead atoms. The Labute approximate surface area is 84.5 Å². The van der Waals surface area contributed by atoms with Crippen LogP contribution < -0.4 is 0 Å². The van der Waals surface area contributed by atoms with Crippen molar-refractivity contribution in [3.05, 3.63) is 0 Å². The quantitative estimate of drug-likeness (QED) is 0.743. The van der Waals surface area contributed by atoms with Crippen LogP contribution in [0.3, 0.4) is 0 Å². The molecule has 2 aliphatic rings. The Morgan fingerprint density at radius 3 is 2.31 bits per heavy atom. The maximum atomic E-state index is 10.7. The van der Waals surface area contributed by atoms with E-state index in [1.807, 2.05) is 0 Å². The molecule has 0 spiro atoms. The van der Waals surface area contributed by atoms with Crippen LogP contribution in [0.2, 0.25) is 0 Å². The van der Waals surface area contributed by atoms with Gasteiger partial charge in [0.05, 0.1) is 6.42 Å². The third-order valence-electron chi connectivity index (χ3n) is 3.29. The van der Waals surface area contributed by atoms with Gasteiger partial charge in [0, 0.05) is 5.54 Å². The summed E-state index contributed by atoms with van der Waals surface area (Å²) < 4.78 is 0. The lowest BCUT2D eigenvalue weighted by Gasteiger charge is -2.30. The van der Waals surface area contributed by atoms with Crippen LogP contribution >= 0.6 is 12.4 Å². The van der Waals surface area contributed by atoms with Gasteiger partial charge in [-0.25, -0.2) is 0 Å². The Bertz CT molecular complexity index is 198. The third kappa shape index (κ3) is 1.81. The summed E-state index contributed by atoms with van der Waals surface area (Å²) >= 11 is 0. The molecule has 0 aromatic rings. The first-order valence-corrected chi connectivity index (χ1v) is 4.70. The lowest BCUT2D eigenvalue weighted by molar-refractivity contribution is -0.139. The standard InChI is InChI=1S/C9H15NO2.ClH/c11-8(12)7-9-3-1-5-10(9)6-2-4-9;/h1-7H2,(H,11,12);1H. The van der Waals surface area contributed by atoms with Gasteiger partial charge in [0.25, 0.3) is 0 Å². The van der Waals surface area contributed by atoms with Gasteiger partial charge in [0.1, 0.15) is 0 Å². The van der Waals surface area contributed by atoms with E-state index in [4.69, 9.17) is 5.11 Å². The van der Waals surface area contributed by atoms with Crippen molar-refractivity contribution in [1.82, 2.24) is 4.90 Å². The average Bonchev–Trinajstić information content (AvgIpc) is 2.42. The molecule has 0 aromatic heterocycles. The molecule has 0 aromatic carbocycles. The lowest BCUT2D eigenvalue weighted by Crippen LogP contribution is -2.39. The van der Waals surface area contributed by atoms with Crippen molar-refractivity contribution >= 4 is 18.4 Å². The first-order valence-electron chi connectivity index (χ1n) is 4.70. The summed E-state index contributed by atoms with van der Waals surface area (Å²) in [5.41, 5.74) is 0.0613. The lowest BCUT2D eigenvalue weighted by atomic mass is 9.90. The number of halogens is 1. The van der Waals surface area contributed by atoms with E-state index in [1.165, 1.54) is 12.8 Å². The molecule has 2 aliphatic heterocycles. The number of aliphatic carboxylic acids is 1. The number of carboxylic acid groups (broad SMARTS) is 1. The molecule has 4 heteroatoms. The Balaban J connectivity index is 0.000000845. The fraction of sp³-hybridized carbons (Fsp3) is 0.889. The zero-order valence-electron chi connectivity index (χ0n) is 7.66. The molecule has 2 rings (SSSR count). The van der Waals surface area contributed by atoms with Crippen LogP contribution in [0.15, 0.2) is 0 Å². The number of carbonyl (C=O) groups is 1. The zero-order chi connectivity index (χ0) is 8.60. The van der Waals surface area contributed by atoms with Crippen molar-refractivity contribution < 1.29 is 9.90 Å². The summed E-state index contributed by atoms with van der Waals surface area (Å²) in [6.45, 7) is 2.24. The first-order chi connectivity index (χ1) is 5.73. The van der Waals surface area contributed by atoms with E-state index in [-0.39, 0.29) is 17.9 Å². The van der Waals surface area contributed by atoms with Crippen LogP contribution in [0, 0.1) is 0 Å². The third-order valence-corrected chi connectivity index (χ3v) is 3.29. The fourth-order valence-electron chi connectivity index (χ4n) is 2.80. The number of rotatable bonds is 2. The van der Waals surface area contributed by atoms with Crippen molar-refractivity contribution in [2.75, 3.05) is 13.1 Å². The first kappa shape index (κ1) is 10.8. The molecular weight excluding hydrogens is 190 g/mol. The van der Waals surface area contributed by atoms with Gasteiger partial charge in [-0.2, -0.15) is 0 Å². The maximum Gasteiger partial charge on any atom is 0.305 e. The van der Waals surface area contributed by atoms with Gasteiger partial charge >= 0.3 is 5.97 Å². The van der Waals surface area contributed by atoms with Crippen LogP contribution in [0.5, 0.6) is 0 Å². The van der Waals surface area contributed by atoms with Crippen LogP contribution in [0.1, 0.15) is 32.1 Å². The number of fused-ring (bicyclic) bond motifs is 1. The molecule has 13 heavy (non-hydrogen) atoms. The number of hydrogen-bond donors (Lipinski definition) is 1. The van der Waals surface area contributed by atoms with Gasteiger partial charge in [-0.05, 0) is 38.8 Å². The number of carboxylic acids is 1. The van der Waals surface area contributed by atoms with Crippen molar-refractivity contribution in [3.63, 3.8) is 0 Å². The zero-order valence-corrected chi connectivity index (χ0v) is 8.48. The highest BCUT2D eigenvalue weighted by molar-refractivity contribution is 5.85. The topological polar surface area (TPSA) is 40.5 Å². The molecule has 2 saturated heterocycles. The second kappa shape index (κ2) is 3.84. The Morgan fingerprint density at radius 1 is 1.31 bits per heavy atom. The van der Waals surface area contributed by atoms with Gasteiger partial charge in [-0.15, -0.1) is 12.4 Å². The van der Waals surface area contributed by atoms with Gasteiger partial charge in [-0.3, -0.25) is 9.69 Å². The minimum atomic E-state index is -0.635. The summed E-state index contributed by atoms with van der Waals surface area (Å²) in [6, 6.07) is 0. The summed E-state index contributed by atoms with van der Waals surface area (Å²) in [5, 5.41) is 8.79. The molecule has 0 amide bonds. The van der Waals surface area contributed by atoms with Crippen molar-refractivity contribution in [2.24, 2.45) is 0 Å². The van der Waals surface area contributed by atoms with E-state index in [0.717, 1.165) is 25.9 Å². The van der Waals surface area contributed by atoms with E-state index in [0.29, 0.717) is 6.42 Å². The Morgan fingerprint density at radius 2 is 1.85 bits per heavy atom. The van der Waals surface area contributed by atoms with Gasteiger partial charge in [-0.1, -0.05) is 0 Å². The summed E-state index contributed by atoms with van der Waals surface area (Å²) in [6.07, 6.45) is 4.92. The molecule has 0 atom stereocenters. The second-order valence-corrected chi connectivity index (χ2v) is 3.99. The number of nitrogens with zero attached hydrogens (tertiary/aromatic N) is 1. The normalized spacial score (nSPS) is 25.2. The molecule has 1 N–H and O–H groups in total. The average molecular weight is 206 g/mol. The molecule has 3 nitrogen and oxygen atoms in total. The minimum absolute atomic E-state index is 0. The highest BCUT2D eigenvalue weighted by atomic mass is 35.5. The largest absolute Gasteiger partial charge is 0.481 e. The molecule has 76 valence electrons. The monoisotopic (exact) mass is 205 g/mol. The van der Waals surface area contributed by atoms with Crippen molar-refractivity contribution in [3.8, 4) is 0 Å². The molecule has 2 heterocycles. The molecule has 0 radical (unpaired) electrons. The smallest absolute Gasteiger partial charge is 0.305 e. The van der Waals surface area contributed by atoms with Gasteiger partial charge in [0.2, 0.25) is 0 Å². The van der Waals surface area contributed by atoms with E-state index < -0.39 is 5.97 Å². The summed E-state index contributed by atoms with van der Waals surface area (Å²) in [5.74, 6) is -0.635. The van der Waals surface area contributed by atoms with E-state index >= 15 is 0 Å². The van der Waals surface area contributed by atoms with Crippen molar-refractivity contribution in [1.29, 1.82) is 0 Å². The molecule has 0 saturated carbocycles. The van der Waals surface area contributed by atoms with E-state index in [9.17, 15) is 4.79 Å². The van der Waals surface area contributed by atoms with Gasteiger partial charge in [0.15, 0.2) is 0 Å². The molecular formula is C9H16ClNO2. The van der Waals surface area contributed by atoms with Crippen LogP contribution in [-0.2, 0) is 4.79 Å². The Kier molecular flexibility index (Phi) is 3.19. The SMILES string of the molecule is Cl.O=C(O)CC12CCCN1CCC2. The molecule has 0 unspecified atom stereocenters. The predicted octanol–water partition coefficient (Wildman–Crippen LogP) is 1.51. The Hall–Kier alpha value is -0.280. The van der Waals surface area contributed by atoms with Crippen LogP contribution in [-0.4, -0.2) is 34.6 Å². The predicted molar refractivity (Wildman–Crippen MR) is 52.3 cm³/mol. The second-order valence-electron chi connectivity index (χ2n) is 3.99. The number of hydrogen-bond acceptors (Lipinski definition) is 2. The summed E-state index contributed by atoms with van der Waals surface area (Å²) in [7, 11) is 0. The van der Waals surface area contributed by atoms with E-state index in [2.05, 4.69) is 4.90 Å². The van der Waals surface area contributed by atoms with Crippen molar-refractivity contribution in [2.45, 2.75) is 37.6 Å². The maximum absolute atomic E-state index is 10.7. The molecule has 0 aliphatic carbocycles. The van der Waals surface area contributed by atoms with Gasteiger partial charge < -0.3 is 5.11 Å². The van der Waals surface area contributed by atoms with E-state index in [1.54, 1.807) is 0 Å². The fourth-order valence-corrected chi connectivity index (χ4v) is 2.80. The summed E-state index contributed by atoms with van der Waals surface area (Å²) in [4.78, 5) is 13.0. The minimum Gasteiger partial charge on any atom is -0.481 e. The molecule has 2 fully saturated rings. The highest BCUT2D eigenvalue weighted by Crippen LogP contribution is 2.41.